The third kappa shape index (κ3) is 13.6. The molecule has 0 aliphatic rings. The first-order valence-corrected chi connectivity index (χ1v) is 11.1. The normalized spacial score (nSPS) is 15.4. The summed E-state index contributed by atoms with van der Waals surface area (Å²) in [5.74, 6) is -0.866. The van der Waals surface area contributed by atoms with Crippen LogP contribution in [0.15, 0.2) is 0 Å². The largest absolute Gasteiger partial charge is 0.465 e. The highest BCUT2D eigenvalue weighted by Crippen LogP contribution is 2.23. The fourth-order valence-corrected chi connectivity index (χ4v) is 2.80. The van der Waals surface area contributed by atoms with Crippen molar-refractivity contribution in [3.63, 3.8) is 0 Å². The van der Waals surface area contributed by atoms with E-state index in [9.17, 15) is 24.9 Å². The quantitative estimate of drug-likeness (QED) is 0.293. The van der Waals surface area contributed by atoms with Gasteiger partial charge in [0.2, 0.25) is 0 Å². The van der Waals surface area contributed by atoms with E-state index in [4.69, 9.17) is 9.47 Å². The molecule has 0 aliphatic carbocycles. The van der Waals surface area contributed by atoms with Crippen molar-refractivity contribution in [2.24, 2.45) is 5.41 Å². The number of aliphatic hydroxyl groups excluding tert-OH is 3. The van der Waals surface area contributed by atoms with Gasteiger partial charge in [0.05, 0.1) is 24.2 Å². The third-order valence-corrected chi connectivity index (χ3v) is 5.31. The Bertz CT molecular complexity index is 399. The highest BCUT2D eigenvalue weighted by atomic mass is 16.5. The summed E-state index contributed by atoms with van der Waals surface area (Å²) in [6, 6.07) is 0. The Morgan fingerprint density at radius 2 is 1.21 bits per heavy atom. The molecule has 29 heavy (non-hydrogen) atoms. The molecule has 0 aliphatic heterocycles. The zero-order chi connectivity index (χ0) is 22.1. The average molecular weight is 419 g/mol. The van der Waals surface area contributed by atoms with Gasteiger partial charge in [0.1, 0.15) is 13.2 Å². The van der Waals surface area contributed by atoms with E-state index in [1.165, 1.54) is 0 Å². The van der Waals surface area contributed by atoms with Crippen molar-refractivity contribution in [2.75, 3.05) is 19.8 Å². The molecule has 0 radical (unpaired) electrons. The minimum Gasteiger partial charge on any atom is -0.465 e. The van der Waals surface area contributed by atoms with Gasteiger partial charge >= 0.3 is 11.9 Å². The molecule has 7 heteroatoms. The molecule has 0 rings (SSSR count). The van der Waals surface area contributed by atoms with E-state index >= 15 is 0 Å². The zero-order valence-corrected chi connectivity index (χ0v) is 18.5. The molecule has 0 heterocycles. The Balaban J connectivity index is 4.30. The van der Waals surface area contributed by atoms with Crippen LogP contribution in [0.1, 0.15) is 91.4 Å². The van der Waals surface area contributed by atoms with Crippen molar-refractivity contribution in [1.29, 1.82) is 0 Å². The van der Waals surface area contributed by atoms with E-state index in [2.05, 4.69) is 0 Å². The van der Waals surface area contributed by atoms with Gasteiger partial charge in [0.15, 0.2) is 0 Å². The second-order valence-corrected chi connectivity index (χ2v) is 8.00. The predicted molar refractivity (Wildman–Crippen MR) is 111 cm³/mol. The molecular weight excluding hydrogens is 376 g/mol. The van der Waals surface area contributed by atoms with E-state index in [1.807, 2.05) is 20.8 Å². The lowest BCUT2D eigenvalue weighted by atomic mass is 9.88. The summed E-state index contributed by atoms with van der Waals surface area (Å²) in [5, 5.41) is 29.4. The highest BCUT2D eigenvalue weighted by Gasteiger charge is 2.31. The lowest BCUT2D eigenvalue weighted by Crippen LogP contribution is -2.37. The van der Waals surface area contributed by atoms with Gasteiger partial charge in [-0.2, -0.15) is 0 Å². The maximum Gasteiger partial charge on any atom is 0.305 e. The van der Waals surface area contributed by atoms with Crippen LogP contribution in [-0.4, -0.2) is 59.3 Å². The first-order chi connectivity index (χ1) is 13.8. The number of ether oxygens (including phenoxy) is 2. The highest BCUT2D eigenvalue weighted by molar-refractivity contribution is 5.70. The Morgan fingerprint density at radius 1 is 0.793 bits per heavy atom. The minimum atomic E-state index is -0.840. The molecular formula is C22H42O7. The van der Waals surface area contributed by atoms with Crippen LogP contribution >= 0.6 is 0 Å². The Morgan fingerprint density at radius 3 is 1.52 bits per heavy atom. The smallest absolute Gasteiger partial charge is 0.305 e. The van der Waals surface area contributed by atoms with E-state index in [0.29, 0.717) is 32.1 Å². The van der Waals surface area contributed by atoms with Crippen LogP contribution in [0.5, 0.6) is 0 Å². The summed E-state index contributed by atoms with van der Waals surface area (Å²) in [5.41, 5.74) is -0.840. The first-order valence-electron chi connectivity index (χ1n) is 11.1. The van der Waals surface area contributed by atoms with Crippen LogP contribution < -0.4 is 0 Å². The number of hydrogen-bond acceptors (Lipinski definition) is 7. The molecule has 0 amide bonds. The van der Waals surface area contributed by atoms with Crippen LogP contribution in [0.3, 0.4) is 0 Å². The minimum absolute atomic E-state index is 0.0453. The third-order valence-electron chi connectivity index (χ3n) is 5.31. The topological polar surface area (TPSA) is 113 Å². The standard InChI is InChI=1S/C22H42O7/c1-4-7-9-18(24)11-13-20(26)28-16-22(6-3,15-23)17-29-21(27)14-12-19(25)10-8-5-2/h18-19,23-25H,4-17H2,1-3H3. The van der Waals surface area contributed by atoms with Crippen LogP contribution in [0, 0.1) is 5.41 Å². The summed E-state index contributed by atoms with van der Waals surface area (Å²) in [6.45, 7) is 5.55. The Kier molecular flexibility index (Phi) is 15.9. The monoisotopic (exact) mass is 418 g/mol. The van der Waals surface area contributed by atoms with Gasteiger partial charge in [-0.05, 0) is 32.1 Å². The number of rotatable bonds is 18. The van der Waals surface area contributed by atoms with Crippen molar-refractivity contribution >= 4 is 11.9 Å². The van der Waals surface area contributed by atoms with Crippen molar-refractivity contribution < 1.29 is 34.4 Å². The van der Waals surface area contributed by atoms with Crippen molar-refractivity contribution in [2.45, 2.75) is 104 Å². The van der Waals surface area contributed by atoms with Crippen molar-refractivity contribution in [3.05, 3.63) is 0 Å². The fraction of sp³-hybridized carbons (Fsp3) is 0.909. The molecule has 2 unspecified atom stereocenters. The predicted octanol–water partition coefficient (Wildman–Crippen LogP) is 3.12. The van der Waals surface area contributed by atoms with Crippen LogP contribution in [-0.2, 0) is 19.1 Å². The number of unbranched alkanes of at least 4 members (excludes halogenated alkanes) is 2. The Hall–Kier alpha value is -1.18. The molecule has 7 nitrogen and oxygen atoms in total. The van der Waals surface area contributed by atoms with Crippen molar-refractivity contribution in [1.82, 2.24) is 0 Å². The molecule has 172 valence electrons. The van der Waals surface area contributed by atoms with Gasteiger partial charge in [0.25, 0.3) is 0 Å². The van der Waals surface area contributed by atoms with E-state index in [1.54, 1.807) is 0 Å². The van der Waals surface area contributed by atoms with Gasteiger partial charge < -0.3 is 24.8 Å². The van der Waals surface area contributed by atoms with Crippen LogP contribution in [0.4, 0.5) is 0 Å². The summed E-state index contributed by atoms with van der Waals surface area (Å²) >= 11 is 0. The Labute approximate surface area is 175 Å². The molecule has 0 saturated carbocycles. The van der Waals surface area contributed by atoms with Gasteiger partial charge in [-0.25, -0.2) is 0 Å². The molecule has 0 spiro atoms. The number of hydrogen-bond donors (Lipinski definition) is 3. The second kappa shape index (κ2) is 16.6. The van der Waals surface area contributed by atoms with E-state index in [0.717, 1.165) is 25.7 Å². The molecule has 0 aromatic rings. The zero-order valence-electron chi connectivity index (χ0n) is 18.5. The molecule has 3 N–H and O–H groups in total. The lowest BCUT2D eigenvalue weighted by molar-refractivity contribution is -0.157. The average Bonchev–Trinajstić information content (AvgIpc) is 2.73. The van der Waals surface area contributed by atoms with Gasteiger partial charge in [0, 0.05) is 12.8 Å². The van der Waals surface area contributed by atoms with Crippen molar-refractivity contribution in [3.8, 4) is 0 Å². The van der Waals surface area contributed by atoms with Gasteiger partial charge in [-0.15, -0.1) is 0 Å². The van der Waals surface area contributed by atoms with Crippen LogP contribution in [0.25, 0.3) is 0 Å². The maximum atomic E-state index is 12.0. The van der Waals surface area contributed by atoms with Gasteiger partial charge in [-0.1, -0.05) is 46.5 Å². The maximum absolute atomic E-state index is 12.0. The fourth-order valence-electron chi connectivity index (χ4n) is 2.80. The summed E-state index contributed by atoms with van der Waals surface area (Å²) in [6.07, 6.45) is 5.56. The van der Waals surface area contributed by atoms with E-state index in [-0.39, 0.29) is 32.7 Å². The van der Waals surface area contributed by atoms with Gasteiger partial charge in [-0.3, -0.25) is 9.59 Å². The molecule has 0 bridgehead atoms. The molecule has 2 atom stereocenters. The number of aliphatic hydroxyl groups is 3. The van der Waals surface area contributed by atoms with E-state index < -0.39 is 29.6 Å². The summed E-state index contributed by atoms with van der Waals surface area (Å²) < 4.78 is 10.6. The SMILES string of the molecule is CCCCC(O)CCC(=O)OCC(CC)(CO)COC(=O)CCC(O)CCCC. The van der Waals surface area contributed by atoms with Crippen LogP contribution in [0.2, 0.25) is 0 Å². The number of carbonyl (C=O) groups is 2. The lowest BCUT2D eigenvalue weighted by Gasteiger charge is -2.29. The first kappa shape index (κ1) is 27.8. The molecule has 0 saturated heterocycles. The molecule has 0 aromatic carbocycles. The summed E-state index contributed by atoms with van der Waals surface area (Å²) in [4.78, 5) is 23.9. The summed E-state index contributed by atoms with van der Waals surface area (Å²) in [7, 11) is 0. The number of esters is 2. The molecule has 0 aromatic heterocycles. The molecule has 0 fully saturated rings. The number of carbonyl (C=O) groups excluding carboxylic acids is 2. The second-order valence-electron chi connectivity index (χ2n) is 8.00.